The summed E-state index contributed by atoms with van der Waals surface area (Å²) in [5.41, 5.74) is 11.7. The maximum Gasteiger partial charge on any atom is 0.297 e. The number of nitrogens with two attached hydrogens (primary N) is 2. The Morgan fingerprint density at radius 1 is 1.47 bits per heavy atom. The molecule has 0 radical (unpaired) electrons. The third kappa shape index (κ3) is 2.35. The molecule has 0 spiro atoms. The van der Waals surface area contributed by atoms with E-state index in [1.807, 2.05) is 0 Å². The molecule has 0 heterocycles. The molecule has 1 rings (SSSR count). The quantitative estimate of drug-likeness (QED) is 0.438. The lowest BCUT2D eigenvalue weighted by Crippen LogP contribution is -2.05. The Bertz CT molecular complexity index is 379. The lowest BCUT2D eigenvalue weighted by molar-refractivity contribution is -0.384. The van der Waals surface area contributed by atoms with Crippen LogP contribution in [0.3, 0.4) is 0 Å². The van der Waals surface area contributed by atoms with E-state index in [1.54, 1.807) is 12.1 Å². The molecular weight excluding hydrogens is 198 g/mol. The van der Waals surface area contributed by atoms with Crippen molar-refractivity contribution in [2.45, 2.75) is 6.42 Å². The SMILES string of the molecule is COCCc1ccc(N)c(N)c1[N+](=O)[O-]. The number of nitrogens with zero attached hydrogens (tertiary/aromatic N) is 1. The van der Waals surface area contributed by atoms with Gasteiger partial charge < -0.3 is 16.2 Å². The number of nitro benzene ring substituents is 1. The molecule has 1 aromatic carbocycles. The Morgan fingerprint density at radius 2 is 2.13 bits per heavy atom. The van der Waals surface area contributed by atoms with Gasteiger partial charge in [0.1, 0.15) is 5.69 Å². The largest absolute Gasteiger partial charge is 0.397 e. The molecule has 0 saturated heterocycles. The molecule has 0 aromatic heterocycles. The van der Waals surface area contributed by atoms with Crippen LogP contribution in [-0.4, -0.2) is 18.6 Å². The van der Waals surface area contributed by atoms with E-state index in [-0.39, 0.29) is 17.1 Å². The monoisotopic (exact) mass is 211 g/mol. The molecular formula is C9H13N3O3. The summed E-state index contributed by atoms with van der Waals surface area (Å²) >= 11 is 0. The van der Waals surface area contributed by atoms with Crippen LogP contribution in [0, 0.1) is 10.1 Å². The molecule has 0 aliphatic rings. The predicted molar refractivity (Wildman–Crippen MR) is 57.5 cm³/mol. The van der Waals surface area contributed by atoms with Crippen molar-refractivity contribution >= 4 is 17.1 Å². The summed E-state index contributed by atoms with van der Waals surface area (Å²) in [7, 11) is 1.53. The number of hydrogen-bond donors (Lipinski definition) is 2. The van der Waals surface area contributed by atoms with Crippen molar-refractivity contribution in [3.8, 4) is 0 Å². The van der Waals surface area contributed by atoms with Gasteiger partial charge in [0, 0.05) is 19.1 Å². The summed E-state index contributed by atoms with van der Waals surface area (Å²) in [6, 6.07) is 3.16. The third-order valence-electron chi connectivity index (χ3n) is 2.09. The summed E-state index contributed by atoms with van der Waals surface area (Å²) < 4.78 is 4.86. The zero-order valence-electron chi connectivity index (χ0n) is 8.40. The summed E-state index contributed by atoms with van der Waals surface area (Å²) in [4.78, 5) is 10.3. The molecule has 0 bridgehead atoms. The average molecular weight is 211 g/mol. The van der Waals surface area contributed by atoms with Crippen LogP contribution in [0.15, 0.2) is 12.1 Å². The van der Waals surface area contributed by atoms with Gasteiger partial charge in [0.25, 0.3) is 5.69 Å². The van der Waals surface area contributed by atoms with E-state index >= 15 is 0 Å². The van der Waals surface area contributed by atoms with Gasteiger partial charge in [-0.05, 0) is 12.1 Å². The van der Waals surface area contributed by atoms with E-state index in [4.69, 9.17) is 16.2 Å². The summed E-state index contributed by atoms with van der Waals surface area (Å²) in [6.45, 7) is 0.407. The predicted octanol–water partition coefficient (Wildman–Crippen LogP) is 0.948. The smallest absolute Gasteiger partial charge is 0.297 e. The molecule has 0 aliphatic heterocycles. The summed E-state index contributed by atoms with van der Waals surface area (Å²) in [5.74, 6) is 0. The second-order valence-corrected chi connectivity index (χ2v) is 3.08. The van der Waals surface area contributed by atoms with Crippen molar-refractivity contribution in [2.24, 2.45) is 0 Å². The first-order valence-electron chi connectivity index (χ1n) is 4.38. The van der Waals surface area contributed by atoms with Gasteiger partial charge >= 0.3 is 0 Å². The standard InChI is InChI=1S/C9H13N3O3/c1-15-5-4-6-2-3-7(10)8(11)9(6)12(13)14/h2-3H,4-5,10-11H2,1H3. The first-order valence-corrected chi connectivity index (χ1v) is 4.38. The van der Waals surface area contributed by atoms with Crippen LogP contribution in [0.1, 0.15) is 5.56 Å². The molecule has 1 aromatic rings. The molecule has 0 amide bonds. The molecule has 6 heteroatoms. The van der Waals surface area contributed by atoms with E-state index < -0.39 is 4.92 Å². The van der Waals surface area contributed by atoms with Crippen LogP contribution >= 0.6 is 0 Å². The Kier molecular flexibility index (Phi) is 3.46. The molecule has 4 N–H and O–H groups in total. The molecule has 0 aliphatic carbocycles. The van der Waals surface area contributed by atoms with Crippen molar-refractivity contribution < 1.29 is 9.66 Å². The van der Waals surface area contributed by atoms with Gasteiger partial charge in [-0.2, -0.15) is 0 Å². The van der Waals surface area contributed by atoms with Crippen LogP contribution < -0.4 is 11.5 Å². The van der Waals surface area contributed by atoms with E-state index in [2.05, 4.69) is 0 Å². The van der Waals surface area contributed by atoms with Gasteiger partial charge in [-0.15, -0.1) is 0 Å². The first kappa shape index (κ1) is 11.3. The zero-order chi connectivity index (χ0) is 11.4. The minimum atomic E-state index is -0.517. The van der Waals surface area contributed by atoms with Crippen LogP contribution in [0.4, 0.5) is 17.1 Å². The number of ether oxygens (including phenoxy) is 1. The average Bonchev–Trinajstić information content (AvgIpc) is 2.19. The lowest BCUT2D eigenvalue weighted by atomic mass is 10.1. The molecule has 0 saturated carbocycles. The Hall–Kier alpha value is -1.82. The lowest BCUT2D eigenvalue weighted by Gasteiger charge is -2.06. The maximum atomic E-state index is 10.8. The first-order chi connectivity index (χ1) is 7.07. The van der Waals surface area contributed by atoms with Crippen LogP contribution in [0.5, 0.6) is 0 Å². The van der Waals surface area contributed by atoms with Crippen LogP contribution in [0.25, 0.3) is 0 Å². The fraction of sp³-hybridized carbons (Fsp3) is 0.333. The van der Waals surface area contributed by atoms with Crippen molar-refractivity contribution in [1.82, 2.24) is 0 Å². The highest BCUT2D eigenvalue weighted by atomic mass is 16.6. The third-order valence-corrected chi connectivity index (χ3v) is 2.09. The fourth-order valence-corrected chi connectivity index (χ4v) is 1.30. The number of methoxy groups -OCH3 is 1. The van der Waals surface area contributed by atoms with Gasteiger partial charge in [-0.25, -0.2) is 0 Å². The van der Waals surface area contributed by atoms with E-state index in [9.17, 15) is 10.1 Å². The van der Waals surface area contributed by atoms with Crippen LogP contribution in [0.2, 0.25) is 0 Å². The highest BCUT2D eigenvalue weighted by molar-refractivity contribution is 5.76. The number of anilines is 2. The Labute approximate surface area is 87.0 Å². The van der Waals surface area contributed by atoms with Gasteiger partial charge in [0.15, 0.2) is 0 Å². The second kappa shape index (κ2) is 4.61. The molecule has 15 heavy (non-hydrogen) atoms. The van der Waals surface area contributed by atoms with Gasteiger partial charge in [0.05, 0.1) is 17.2 Å². The normalized spacial score (nSPS) is 10.2. The van der Waals surface area contributed by atoms with Gasteiger partial charge in [-0.3, -0.25) is 10.1 Å². The number of benzene rings is 1. The highest BCUT2D eigenvalue weighted by Gasteiger charge is 2.19. The molecule has 6 nitrogen and oxygen atoms in total. The second-order valence-electron chi connectivity index (χ2n) is 3.08. The Balaban J connectivity index is 3.15. The molecule has 82 valence electrons. The number of rotatable bonds is 4. The Morgan fingerprint density at radius 3 is 2.67 bits per heavy atom. The van der Waals surface area contributed by atoms with E-state index in [0.717, 1.165) is 0 Å². The van der Waals surface area contributed by atoms with Crippen molar-refractivity contribution in [3.63, 3.8) is 0 Å². The van der Waals surface area contributed by atoms with E-state index in [1.165, 1.54) is 7.11 Å². The number of nitro groups is 1. The molecule has 0 unspecified atom stereocenters. The summed E-state index contributed by atoms with van der Waals surface area (Å²) in [5, 5.41) is 10.8. The van der Waals surface area contributed by atoms with Gasteiger partial charge in [-0.1, -0.05) is 0 Å². The minimum Gasteiger partial charge on any atom is -0.397 e. The van der Waals surface area contributed by atoms with Crippen molar-refractivity contribution in [1.29, 1.82) is 0 Å². The zero-order valence-corrected chi connectivity index (χ0v) is 8.40. The topological polar surface area (TPSA) is 104 Å². The maximum absolute atomic E-state index is 10.8. The summed E-state index contributed by atoms with van der Waals surface area (Å²) in [6.07, 6.45) is 0.442. The number of hydrogen-bond acceptors (Lipinski definition) is 5. The molecule has 0 fully saturated rings. The minimum absolute atomic E-state index is 0.0219. The molecule has 0 atom stereocenters. The van der Waals surface area contributed by atoms with Crippen LogP contribution in [-0.2, 0) is 11.2 Å². The van der Waals surface area contributed by atoms with E-state index in [0.29, 0.717) is 18.6 Å². The number of nitrogen functional groups attached to an aromatic ring is 2. The fourth-order valence-electron chi connectivity index (χ4n) is 1.30. The highest BCUT2D eigenvalue weighted by Crippen LogP contribution is 2.31. The van der Waals surface area contributed by atoms with Gasteiger partial charge in [0.2, 0.25) is 0 Å². The van der Waals surface area contributed by atoms with Crippen molar-refractivity contribution in [3.05, 3.63) is 27.8 Å². The van der Waals surface area contributed by atoms with Crippen molar-refractivity contribution in [2.75, 3.05) is 25.2 Å².